The Morgan fingerprint density at radius 2 is 1.74 bits per heavy atom. The summed E-state index contributed by atoms with van der Waals surface area (Å²) in [5.41, 5.74) is 6.12. The number of aromatic nitrogens is 2. The number of amides is 2. The topological polar surface area (TPSA) is 86.9 Å². The van der Waals surface area contributed by atoms with Gasteiger partial charge in [0.25, 0.3) is 0 Å². The molecule has 0 aliphatic heterocycles. The first-order valence-electron chi connectivity index (χ1n) is 9.00. The van der Waals surface area contributed by atoms with Crippen LogP contribution in [0.4, 0.5) is 5.69 Å². The maximum atomic E-state index is 12.0. The molecule has 6 heteroatoms. The molecular formula is C21H24N4O2. The molecule has 0 bridgehead atoms. The highest BCUT2D eigenvalue weighted by Gasteiger charge is 2.11. The van der Waals surface area contributed by atoms with Crippen LogP contribution in [0.25, 0.3) is 11.0 Å². The van der Waals surface area contributed by atoms with Crippen molar-refractivity contribution in [1.82, 2.24) is 15.3 Å². The molecule has 0 aliphatic rings. The van der Waals surface area contributed by atoms with E-state index in [2.05, 4.69) is 40.5 Å². The number of aromatic amines is 1. The van der Waals surface area contributed by atoms with Crippen molar-refractivity contribution in [3.63, 3.8) is 0 Å². The minimum Gasteiger partial charge on any atom is -0.355 e. The number of anilines is 1. The second-order valence-electron chi connectivity index (χ2n) is 6.78. The zero-order valence-corrected chi connectivity index (χ0v) is 15.8. The quantitative estimate of drug-likeness (QED) is 0.587. The van der Waals surface area contributed by atoms with Gasteiger partial charge in [-0.25, -0.2) is 4.98 Å². The lowest BCUT2D eigenvalue weighted by molar-refractivity contribution is -0.126. The summed E-state index contributed by atoms with van der Waals surface area (Å²) in [4.78, 5) is 31.8. The van der Waals surface area contributed by atoms with E-state index in [1.807, 2.05) is 37.3 Å². The van der Waals surface area contributed by atoms with Crippen LogP contribution in [0.5, 0.6) is 0 Å². The number of rotatable bonds is 6. The molecule has 0 radical (unpaired) electrons. The zero-order chi connectivity index (χ0) is 19.4. The Kier molecular flexibility index (Phi) is 5.54. The van der Waals surface area contributed by atoms with Gasteiger partial charge in [0.2, 0.25) is 11.8 Å². The molecular weight excluding hydrogens is 340 g/mol. The molecule has 3 aromatic rings. The summed E-state index contributed by atoms with van der Waals surface area (Å²) < 4.78 is 0. The maximum absolute atomic E-state index is 12.0. The Balaban J connectivity index is 1.47. The van der Waals surface area contributed by atoms with Crippen LogP contribution < -0.4 is 10.6 Å². The van der Waals surface area contributed by atoms with Crippen LogP contribution >= 0.6 is 0 Å². The Hall–Kier alpha value is -3.15. The number of hydrogen-bond acceptors (Lipinski definition) is 3. The van der Waals surface area contributed by atoms with E-state index in [9.17, 15) is 9.59 Å². The highest BCUT2D eigenvalue weighted by Crippen LogP contribution is 2.19. The van der Waals surface area contributed by atoms with Crippen molar-refractivity contribution in [3.8, 4) is 0 Å². The molecule has 3 N–H and O–H groups in total. The fourth-order valence-electron chi connectivity index (χ4n) is 2.85. The van der Waals surface area contributed by atoms with Gasteiger partial charge in [-0.2, -0.15) is 0 Å². The van der Waals surface area contributed by atoms with E-state index in [0.29, 0.717) is 18.7 Å². The van der Waals surface area contributed by atoms with Gasteiger partial charge in [0.1, 0.15) is 12.2 Å². The molecule has 2 amide bonds. The standard InChI is InChI=1S/C21H24N4O2/c1-13-4-7-16(8-5-13)23-20(27)12-19(26)22-11-10-18-24-17-9-6-14(2)15(3)21(17)25-18/h4-9H,10-12H2,1-3H3,(H,22,26)(H,23,27)(H,24,25). The van der Waals surface area contributed by atoms with Crippen molar-refractivity contribution >= 4 is 28.5 Å². The molecule has 27 heavy (non-hydrogen) atoms. The van der Waals surface area contributed by atoms with Crippen LogP contribution in [0, 0.1) is 20.8 Å². The van der Waals surface area contributed by atoms with Gasteiger partial charge in [0.05, 0.1) is 11.0 Å². The number of nitrogens with zero attached hydrogens (tertiary/aromatic N) is 1. The Bertz CT molecular complexity index is 974. The molecule has 0 saturated heterocycles. The second-order valence-corrected chi connectivity index (χ2v) is 6.78. The Morgan fingerprint density at radius 3 is 2.48 bits per heavy atom. The largest absolute Gasteiger partial charge is 0.355 e. The van der Waals surface area contributed by atoms with Gasteiger partial charge in [-0.1, -0.05) is 23.8 Å². The number of nitrogens with one attached hydrogen (secondary N) is 3. The molecule has 0 fully saturated rings. The van der Waals surface area contributed by atoms with Gasteiger partial charge in [0, 0.05) is 18.7 Å². The van der Waals surface area contributed by atoms with Crippen LogP contribution in [0.1, 0.15) is 28.9 Å². The minimum atomic E-state index is -0.328. The van der Waals surface area contributed by atoms with E-state index in [-0.39, 0.29) is 18.2 Å². The number of aryl methyl sites for hydroxylation is 3. The van der Waals surface area contributed by atoms with Gasteiger partial charge in [-0.3, -0.25) is 9.59 Å². The third-order valence-electron chi connectivity index (χ3n) is 4.57. The summed E-state index contributed by atoms with van der Waals surface area (Å²) in [5, 5.41) is 5.49. The van der Waals surface area contributed by atoms with Crippen molar-refractivity contribution in [2.24, 2.45) is 0 Å². The number of benzene rings is 2. The van der Waals surface area contributed by atoms with Crippen LogP contribution in [-0.4, -0.2) is 28.3 Å². The maximum Gasteiger partial charge on any atom is 0.233 e. The smallest absolute Gasteiger partial charge is 0.233 e. The van der Waals surface area contributed by atoms with Crippen LogP contribution in [0.15, 0.2) is 36.4 Å². The molecule has 3 rings (SSSR count). The lowest BCUT2D eigenvalue weighted by Gasteiger charge is -2.06. The van der Waals surface area contributed by atoms with Gasteiger partial charge >= 0.3 is 0 Å². The van der Waals surface area contributed by atoms with E-state index in [4.69, 9.17) is 0 Å². The summed E-state index contributed by atoms with van der Waals surface area (Å²) in [5.74, 6) is 0.192. The number of imidazole rings is 1. The van der Waals surface area contributed by atoms with Crippen LogP contribution in [-0.2, 0) is 16.0 Å². The normalized spacial score (nSPS) is 10.8. The van der Waals surface area contributed by atoms with E-state index >= 15 is 0 Å². The predicted molar refractivity (Wildman–Crippen MR) is 107 cm³/mol. The van der Waals surface area contributed by atoms with E-state index in [1.54, 1.807) is 0 Å². The number of carbonyl (C=O) groups excluding carboxylic acids is 2. The van der Waals surface area contributed by atoms with E-state index in [1.165, 1.54) is 5.56 Å². The van der Waals surface area contributed by atoms with Crippen molar-refractivity contribution in [2.75, 3.05) is 11.9 Å². The molecule has 6 nitrogen and oxygen atoms in total. The first-order valence-corrected chi connectivity index (χ1v) is 9.00. The van der Waals surface area contributed by atoms with Gasteiger partial charge < -0.3 is 15.6 Å². The molecule has 0 spiro atoms. The fraction of sp³-hybridized carbons (Fsp3) is 0.286. The molecule has 1 aromatic heterocycles. The van der Waals surface area contributed by atoms with Crippen molar-refractivity contribution < 1.29 is 9.59 Å². The lowest BCUT2D eigenvalue weighted by atomic mass is 10.1. The summed E-state index contributed by atoms with van der Waals surface area (Å²) in [6.45, 7) is 6.51. The van der Waals surface area contributed by atoms with Gasteiger partial charge in [0.15, 0.2) is 0 Å². The number of carbonyl (C=O) groups is 2. The van der Waals surface area contributed by atoms with E-state index < -0.39 is 0 Å². The number of hydrogen-bond donors (Lipinski definition) is 3. The van der Waals surface area contributed by atoms with Crippen LogP contribution in [0.3, 0.4) is 0 Å². The molecule has 0 unspecified atom stereocenters. The van der Waals surface area contributed by atoms with Crippen LogP contribution in [0.2, 0.25) is 0 Å². The second kappa shape index (κ2) is 8.03. The predicted octanol–water partition coefficient (Wildman–Crippen LogP) is 3.18. The first kappa shape index (κ1) is 18.6. The Labute approximate surface area is 158 Å². The summed E-state index contributed by atoms with van der Waals surface area (Å²) in [6.07, 6.45) is 0.380. The van der Waals surface area contributed by atoms with Gasteiger partial charge in [-0.15, -0.1) is 0 Å². The number of fused-ring (bicyclic) bond motifs is 1. The van der Waals surface area contributed by atoms with Gasteiger partial charge in [-0.05, 0) is 50.1 Å². The van der Waals surface area contributed by atoms with Crippen molar-refractivity contribution in [3.05, 3.63) is 58.9 Å². The molecule has 2 aromatic carbocycles. The SMILES string of the molecule is Cc1ccc(NC(=O)CC(=O)NCCc2nc3c(C)c(C)ccc3[nH]2)cc1. The van der Waals surface area contributed by atoms with Crippen molar-refractivity contribution in [1.29, 1.82) is 0 Å². The highest BCUT2D eigenvalue weighted by atomic mass is 16.2. The third kappa shape index (κ3) is 4.73. The summed E-state index contributed by atoms with van der Waals surface area (Å²) >= 11 is 0. The zero-order valence-electron chi connectivity index (χ0n) is 15.8. The molecule has 0 aliphatic carbocycles. The van der Waals surface area contributed by atoms with Crippen molar-refractivity contribution in [2.45, 2.75) is 33.6 Å². The fourth-order valence-corrected chi connectivity index (χ4v) is 2.85. The monoisotopic (exact) mass is 364 g/mol. The number of H-pyrrole nitrogens is 1. The molecule has 1 heterocycles. The molecule has 140 valence electrons. The third-order valence-corrected chi connectivity index (χ3v) is 4.57. The lowest BCUT2D eigenvalue weighted by Crippen LogP contribution is -2.29. The average Bonchev–Trinajstić information content (AvgIpc) is 3.04. The highest BCUT2D eigenvalue weighted by molar-refractivity contribution is 6.03. The molecule has 0 atom stereocenters. The Morgan fingerprint density at radius 1 is 1.00 bits per heavy atom. The summed E-state index contributed by atoms with van der Waals surface area (Å²) in [6, 6.07) is 11.5. The summed E-state index contributed by atoms with van der Waals surface area (Å²) in [7, 11) is 0. The average molecular weight is 364 g/mol. The minimum absolute atomic E-state index is 0.202. The van der Waals surface area contributed by atoms with E-state index in [0.717, 1.165) is 28.0 Å². The first-order chi connectivity index (χ1) is 12.9. The molecule has 0 saturated carbocycles.